The Hall–Kier alpha value is -1.14. The van der Waals surface area contributed by atoms with E-state index < -0.39 is 36.5 Å². The van der Waals surface area contributed by atoms with E-state index in [4.69, 9.17) is 18.9 Å². The van der Waals surface area contributed by atoms with E-state index in [-0.39, 0.29) is 6.10 Å². The smallest absolute Gasteiger partial charge is 0.303 e. The van der Waals surface area contributed by atoms with Gasteiger partial charge in [-0.1, -0.05) is 0 Å². The van der Waals surface area contributed by atoms with Gasteiger partial charge < -0.3 is 18.9 Å². The number of rotatable bonds is 4. The first kappa shape index (κ1) is 15.9. The first-order valence-electron chi connectivity index (χ1n) is 6.45. The molecule has 6 heteroatoms. The lowest BCUT2D eigenvalue weighted by molar-refractivity contribution is -0.263. The maximum absolute atomic E-state index is 11.1. The molecule has 1 aliphatic heterocycles. The van der Waals surface area contributed by atoms with Crippen LogP contribution in [0.15, 0.2) is 0 Å². The molecule has 1 rings (SSSR count). The Morgan fingerprint density at radius 2 is 1.74 bits per heavy atom. The number of hydrogen-bond donors (Lipinski definition) is 0. The number of esters is 2. The van der Waals surface area contributed by atoms with Crippen LogP contribution in [0.25, 0.3) is 0 Å². The molecular weight excluding hydrogens is 252 g/mol. The molecule has 110 valence electrons. The Morgan fingerprint density at radius 1 is 1.16 bits per heavy atom. The summed E-state index contributed by atoms with van der Waals surface area (Å²) in [6, 6.07) is 0. The molecule has 0 aromatic heterocycles. The molecule has 0 saturated carbocycles. The maximum atomic E-state index is 11.1. The zero-order chi connectivity index (χ0) is 14.6. The van der Waals surface area contributed by atoms with Crippen molar-refractivity contribution in [3.8, 4) is 0 Å². The van der Waals surface area contributed by atoms with Crippen molar-refractivity contribution in [3.63, 3.8) is 0 Å². The molecule has 4 atom stereocenters. The number of hydrogen-bond acceptors (Lipinski definition) is 6. The molecule has 0 N–H and O–H groups in total. The maximum Gasteiger partial charge on any atom is 0.303 e. The average Bonchev–Trinajstić information content (AvgIpc) is 2.21. The van der Waals surface area contributed by atoms with Crippen LogP contribution in [-0.4, -0.2) is 42.6 Å². The van der Waals surface area contributed by atoms with Crippen LogP contribution in [0.4, 0.5) is 0 Å². The number of carbonyl (C=O) groups excluding carboxylic acids is 2. The van der Waals surface area contributed by atoms with Crippen LogP contribution in [-0.2, 0) is 28.5 Å². The largest absolute Gasteiger partial charge is 0.458 e. The van der Waals surface area contributed by atoms with Gasteiger partial charge in [0.25, 0.3) is 0 Å². The molecule has 0 spiro atoms. The van der Waals surface area contributed by atoms with E-state index in [0.717, 1.165) is 0 Å². The molecular formula is C13H22O6. The summed E-state index contributed by atoms with van der Waals surface area (Å²) in [5.74, 6) is -0.847. The molecule has 0 radical (unpaired) electrons. The zero-order valence-electron chi connectivity index (χ0n) is 12.0. The van der Waals surface area contributed by atoms with Crippen LogP contribution in [0.5, 0.6) is 0 Å². The van der Waals surface area contributed by atoms with Crippen molar-refractivity contribution >= 4 is 11.9 Å². The summed E-state index contributed by atoms with van der Waals surface area (Å²) < 4.78 is 21.6. The normalized spacial score (nSPS) is 31.1. The van der Waals surface area contributed by atoms with Gasteiger partial charge in [0.2, 0.25) is 0 Å². The van der Waals surface area contributed by atoms with E-state index in [0.29, 0.717) is 6.42 Å². The molecule has 1 aliphatic rings. The van der Waals surface area contributed by atoms with Crippen LogP contribution in [0.1, 0.15) is 41.0 Å². The molecule has 0 aliphatic carbocycles. The van der Waals surface area contributed by atoms with Gasteiger partial charge in [-0.25, -0.2) is 0 Å². The second kappa shape index (κ2) is 6.86. The Kier molecular flexibility index (Phi) is 5.75. The van der Waals surface area contributed by atoms with Crippen LogP contribution < -0.4 is 0 Å². The lowest BCUT2D eigenvalue weighted by Crippen LogP contribution is -2.51. The Balaban J connectivity index is 2.74. The molecule has 0 aromatic carbocycles. The summed E-state index contributed by atoms with van der Waals surface area (Å²) in [7, 11) is 0. The number of ether oxygens (including phenoxy) is 4. The van der Waals surface area contributed by atoms with Gasteiger partial charge in [-0.15, -0.1) is 0 Å². The predicted octanol–water partition coefficient (Wildman–Crippen LogP) is 1.41. The highest BCUT2D eigenvalue weighted by atomic mass is 16.7. The van der Waals surface area contributed by atoms with Gasteiger partial charge in [-0.05, 0) is 20.8 Å². The summed E-state index contributed by atoms with van der Waals surface area (Å²) in [6.45, 7) is 8.19. The van der Waals surface area contributed by atoms with Gasteiger partial charge in [0.05, 0.1) is 12.2 Å². The van der Waals surface area contributed by atoms with Crippen molar-refractivity contribution in [1.29, 1.82) is 0 Å². The lowest BCUT2D eigenvalue weighted by Gasteiger charge is -2.39. The van der Waals surface area contributed by atoms with Crippen molar-refractivity contribution < 1.29 is 28.5 Å². The van der Waals surface area contributed by atoms with E-state index in [9.17, 15) is 9.59 Å². The minimum Gasteiger partial charge on any atom is -0.458 e. The topological polar surface area (TPSA) is 71.1 Å². The van der Waals surface area contributed by atoms with E-state index >= 15 is 0 Å². The third-order valence-electron chi connectivity index (χ3n) is 2.66. The molecule has 1 saturated heterocycles. The Labute approximate surface area is 113 Å². The molecule has 0 unspecified atom stereocenters. The van der Waals surface area contributed by atoms with Gasteiger partial charge in [0.1, 0.15) is 6.10 Å². The van der Waals surface area contributed by atoms with Crippen molar-refractivity contribution in [1.82, 2.24) is 0 Å². The predicted molar refractivity (Wildman–Crippen MR) is 66.3 cm³/mol. The first-order valence-corrected chi connectivity index (χ1v) is 6.45. The van der Waals surface area contributed by atoms with Crippen molar-refractivity contribution in [3.05, 3.63) is 0 Å². The molecule has 0 amide bonds. The van der Waals surface area contributed by atoms with E-state index in [1.807, 2.05) is 13.8 Å². The summed E-state index contributed by atoms with van der Waals surface area (Å²) in [5.41, 5.74) is 0. The highest BCUT2D eigenvalue weighted by Gasteiger charge is 2.41. The second-order valence-corrected chi connectivity index (χ2v) is 4.91. The van der Waals surface area contributed by atoms with E-state index in [2.05, 4.69) is 0 Å². The summed E-state index contributed by atoms with van der Waals surface area (Å²) in [5, 5.41) is 0. The SMILES string of the molecule is CC(=O)O[C@@H]1[C@@H](C)O[C@@H](OC(C)C)C[C@H]1OC(C)=O. The van der Waals surface area contributed by atoms with Gasteiger partial charge in [0, 0.05) is 20.3 Å². The molecule has 19 heavy (non-hydrogen) atoms. The van der Waals surface area contributed by atoms with Crippen molar-refractivity contribution in [2.24, 2.45) is 0 Å². The van der Waals surface area contributed by atoms with Crippen molar-refractivity contribution in [2.45, 2.75) is 71.7 Å². The van der Waals surface area contributed by atoms with E-state index in [1.165, 1.54) is 13.8 Å². The Morgan fingerprint density at radius 3 is 2.21 bits per heavy atom. The van der Waals surface area contributed by atoms with Gasteiger partial charge in [-0.3, -0.25) is 9.59 Å². The van der Waals surface area contributed by atoms with Crippen LogP contribution in [0, 0.1) is 0 Å². The first-order chi connectivity index (χ1) is 8.79. The van der Waals surface area contributed by atoms with Crippen LogP contribution >= 0.6 is 0 Å². The lowest BCUT2D eigenvalue weighted by atomic mass is 10.0. The van der Waals surface area contributed by atoms with Crippen LogP contribution in [0.2, 0.25) is 0 Å². The molecule has 1 fully saturated rings. The standard InChI is InChI=1S/C13H22O6/c1-7(2)16-12-6-11(18-9(4)14)13(8(3)17-12)19-10(5)15/h7-8,11-13H,6H2,1-5H3/t8-,11-,12-,13-/m1/s1. The van der Waals surface area contributed by atoms with Gasteiger partial charge >= 0.3 is 11.9 Å². The fraction of sp³-hybridized carbons (Fsp3) is 0.846. The Bertz CT molecular complexity index is 327. The minimum absolute atomic E-state index is 0.000420. The fourth-order valence-electron chi connectivity index (χ4n) is 2.08. The molecule has 6 nitrogen and oxygen atoms in total. The summed E-state index contributed by atoms with van der Waals surface area (Å²) in [4.78, 5) is 22.2. The van der Waals surface area contributed by atoms with Gasteiger partial charge in [0.15, 0.2) is 12.4 Å². The highest BCUT2D eigenvalue weighted by molar-refractivity contribution is 5.67. The third-order valence-corrected chi connectivity index (χ3v) is 2.66. The monoisotopic (exact) mass is 274 g/mol. The number of carbonyl (C=O) groups is 2. The average molecular weight is 274 g/mol. The van der Waals surface area contributed by atoms with Crippen LogP contribution in [0.3, 0.4) is 0 Å². The fourth-order valence-corrected chi connectivity index (χ4v) is 2.08. The third kappa shape index (κ3) is 5.16. The van der Waals surface area contributed by atoms with E-state index in [1.54, 1.807) is 6.92 Å². The molecule has 1 heterocycles. The molecule has 0 bridgehead atoms. The zero-order valence-corrected chi connectivity index (χ0v) is 12.0. The molecule has 0 aromatic rings. The summed E-state index contributed by atoms with van der Waals surface area (Å²) in [6.07, 6.45) is -1.67. The van der Waals surface area contributed by atoms with Gasteiger partial charge in [-0.2, -0.15) is 0 Å². The van der Waals surface area contributed by atoms with Crippen molar-refractivity contribution in [2.75, 3.05) is 0 Å². The second-order valence-electron chi connectivity index (χ2n) is 4.91. The summed E-state index contributed by atoms with van der Waals surface area (Å²) >= 11 is 0. The highest BCUT2D eigenvalue weighted by Crippen LogP contribution is 2.26. The minimum atomic E-state index is -0.603. The quantitative estimate of drug-likeness (QED) is 0.722.